The van der Waals surface area contributed by atoms with Gasteiger partial charge in [0.25, 0.3) is 5.91 Å². The van der Waals surface area contributed by atoms with Crippen LogP contribution in [0.25, 0.3) is 0 Å². The van der Waals surface area contributed by atoms with Crippen LogP contribution in [0.2, 0.25) is 0 Å². The van der Waals surface area contributed by atoms with Gasteiger partial charge in [-0.2, -0.15) is 13.2 Å². The highest BCUT2D eigenvalue weighted by Gasteiger charge is 2.38. The van der Waals surface area contributed by atoms with Gasteiger partial charge < -0.3 is 30.3 Å². The third-order valence-electron chi connectivity index (χ3n) is 4.61. The number of carboxylic acids is 1. The van der Waals surface area contributed by atoms with Crippen LogP contribution < -0.4 is 10.6 Å². The summed E-state index contributed by atoms with van der Waals surface area (Å²) in [7, 11) is 1.58. The molecule has 0 aromatic heterocycles. The van der Waals surface area contributed by atoms with Crippen molar-refractivity contribution in [3.63, 3.8) is 0 Å². The largest absolute Gasteiger partial charge is 0.490 e. The van der Waals surface area contributed by atoms with Gasteiger partial charge in [0.2, 0.25) is 11.8 Å². The first-order valence-electron chi connectivity index (χ1n) is 10.4. The lowest BCUT2D eigenvalue weighted by Gasteiger charge is -2.29. The van der Waals surface area contributed by atoms with E-state index in [0.29, 0.717) is 50.5 Å². The molecule has 2 rings (SSSR count). The Kier molecular flexibility index (Phi) is 12.0. The summed E-state index contributed by atoms with van der Waals surface area (Å²) in [5.74, 6) is -3.02. The fourth-order valence-electron chi connectivity index (χ4n) is 2.90. The second kappa shape index (κ2) is 14.2. The van der Waals surface area contributed by atoms with Crippen LogP contribution in [0.3, 0.4) is 0 Å². The van der Waals surface area contributed by atoms with Gasteiger partial charge >= 0.3 is 12.1 Å². The highest BCUT2D eigenvalue weighted by atomic mass is 19.4. The average Bonchev–Trinajstić information content (AvgIpc) is 2.79. The molecule has 0 aliphatic carbocycles. The molecule has 0 saturated carbocycles. The number of hydrogen-bond donors (Lipinski definition) is 3. The van der Waals surface area contributed by atoms with Gasteiger partial charge in [-0.05, 0) is 24.3 Å². The molecule has 0 spiro atoms. The molecule has 0 bridgehead atoms. The summed E-state index contributed by atoms with van der Waals surface area (Å²) < 4.78 is 36.8. The lowest BCUT2D eigenvalue weighted by atomic mass is 10.1. The number of rotatable bonds is 8. The van der Waals surface area contributed by atoms with Gasteiger partial charge in [-0.1, -0.05) is 0 Å². The Labute approximate surface area is 195 Å². The van der Waals surface area contributed by atoms with Crippen LogP contribution in [0, 0.1) is 0 Å². The van der Waals surface area contributed by atoms with Crippen molar-refractivity contribution in [2.24, 2.45) is 0 Å². The van der Waals surface area contributed by atoms with E-state index in [9.17, 15) is 27.6 Å². The van der Waals surface area contributed by atoms with E-state index in [2.05, 4.69) is 10.6 Å². The molecule has 1 heterocycles. The number of piperazine rings is 1. The molecule has 0 unspecified atom stereocenters. The van der Waals surface area contributed by atoms with E-state index in [1.165, 1.54) is 6.92 Å². The number of nitrogens with zero attached hydrogens (tertiary/aromatic N) is 2. The van der Waals surface area contributed by atoms with Crippen LogP contribution in [-0.2, 0) is 19.1 Å². The fourth-order valence-corrected chi connectivity index (χ4v) is 2.90. The van der Waals surface area contributed by atoms with Gasteiger partial charge in [0.1, 0.15) is 0 Å². The summed E-state index contributed by atoms with van der Waals surface area (Å²) in [6.07, 6.45) is -4.79. The maximum absolute atomic E-state index is 12.8. The SMILES string of the molecule is COCCN(CCC(=O)N1CCNCC1)C(=O)c1ccc(NC(C)=O)cc1.O=C(O)C(F)(F)F. The Morgan fingerprint density at radius 2 is 1.68 bits per heavy atom. The van der Waals surface area contributed by atoms with E-state index in [1.807, 2.05) is 4.90 Å². The zero-order valence-corrected chi connectivity index (χ0v) is 19.0. The molecule has 1 fully saturated rings. The van der Waals surface area contributed by atoms with E-state index in [-0.39, 0.29) is 17.7 Å². The number of carbonyl (C=O) groups excluding carboxylic acids is 3. The van der Waals surface area contributed by atoms with Gasteiger partial charge in [0.15, 0.2) is 0 Å². The van der Waals surface area contributed by atoms with E-state index < -0.39 is 12.1 Å². The number of amides is 3. The Balaban J connectivity index is 0.000000718. The number of alkyl halides is 3. The van der Waals surface area contributed by atoms with Gasteiger partial charge in [-0.15, -0.1) is 0 Å². The predicted octanol–water partition coefficient (Wildman–Crippen LogP) is 1.19. The fraction of sp³-hybridized carbons (Fsp3) is 0.524. The first kappa shape index (κ1) is 28.8. The van der Waals surface area contributed by atoms with Crippen LogP contribution in [-0.4, -0.2) is 97.8 Å². The molecule has 1 saturated heterocycles. The molecule has 10 nitrogen and oxygen atoms in total. The van der Waals surface area contributed by atoms with Gasteiger partial charge in [0.05, 0.1) is 6.61 Å². The van der Waals surface area contributed by atoms with Crippen LogP contribution in [0.15, 0.2) is 24.3 Å². The van der Waals surface area contributed by atoms with Crippen molar-refractivity contribution in [1.82, 2.24) is 15.1 Å². The van der Waals surface area contributed by atoms with Gasteiger partial charge in [-0.25, -0.2) is 4.79 Å². The van der Waals surface area contributed by atoms with Crippen molar-refractivity contribution >= 4 is 29.4 Å². The number of nitrogens with one attached hydrogen (secondary N) is 2. The molecule has 3 amide bonds. The normalized spacial score (nSPS) is 13.4. The third-order valence-corrected chi connectivity index (χ3v) is 4.61. The summed E-state index contributed by atoms with van der Waals surface area (Å²) in [6, 6.07) is 6.72. The minimum atomic E-state index is -5.08. The Hall–Kier alpha value is -3.19. The first-order chi connectivity index (χ1) is 16.0. The summed E-state index contributed by atoms with van der Waals surface area (Å²) in [5, 5.41) is 13.0. The number of ether oxygens (including phenoxy) is 1. The Bertz CT molecular complexity index is 827. The molecule has 3 N–H and O–H groups in total. The van der Waals surface area contributed by atoms with Crippen LogP contribution in [0.1, 0.15) is 23.7 Å². The van der Waals surface area contributed by atoms with Crippen molar-refractivity contribution in [3.05, 3.63) is 29.8 Å². The van der Waals surface area contributed by atoms with Crippen molar-refractivity contribution in [2.45, 2.75) is 19.5 Å². The number of anilines is 1. The van der Waals surface area contributed by atoms with Crippen LogP contribution >= 0.6 is 0 Å². The Morgan fingerprint density at radius 3 is 2.15 bits per heavy atom. The van der Waals surface area contributed by atoms with Gasteiger partial charge in [0, 0.05) is 71.0 Å². The van der Waals surface area contributed by atoms with Crippen molar-refractivity contribution in [1.29, 1.82) is 0 Å². The molecule has 1 aromatic carbocycles. The predicted molar refractivity (Wildman–Crippen MR) is 116 cm³/mol. The zero-order valence-electron chi connectivity index (χ0n) is 19.0. The zero-order chi connectivity index (χ0) is 25.7. The summed E-state index contributed by atoms with van der Waals surface area (Å²) >= 11 is 0. The number of benzene rings is 1. The molecule has 190 valence electrons. The topological polar surface area (TPSA) is 128 Å². The molecule has 1 aliphatic heterocycles. The quantitative estimate of drug-likeness (QED) is 0.499. The maximum atomic E-state index is 12.8. The minimum Gasteiger partial charge on any atom is -0.475 e. The van der Waals surface area contributed by atoms with E-state index in [4.69, 9.17) is 14.6 Å². The number of methoxy groups -OCH3 is 1. The third kappa shape index (κ3) is 10.6. The minimum absolute atomic E-state index is 0.0627. The first-order valence-corrected chi connectivity index (χ1v) is 10.4. The van der Waals surface area contributed by atoms with Crippen molar-refractivity contribution < 1.29 is 42.2 Å². The lowest BCUT2D eigenvalue weighted by molar-refractivity contribution is -0.192. The number of carbonyl (C=O) groups is 4. The molecule has 0 atom stereocenters. The maximum Gasteiger partial charge on any atom is 0.490 e. The number of aliphatic carboxylic acids is 1. The molecular formula is C21H29F3N4O6. The summed E-state index contributed by atoms with van der Waals surface area (Å²) in [5.41, 5.74) is 1.14. The highest BCUT2D eigenvalue weighted by molar-refractivity contribution is 5.95. The molecule has 1 aliphatic rings. The van der Waals surface area contributed by atoms with Gasteiger partial charge in [-0.3, -0.25) is 14.4 Å². The molecular weight excluding hydrogens is 461 g/mol. The second-order valence-corrected chi connectivity index (χ2v) is 7.23. The van der Waals surface area contributed by atoms with Crippen LogP contribution in [0.4, 0.5) is 18.9 Å². The number of hydrogen-bond acceptors (Lipinski definition) is 6. The summed E-state index contributed by atoms with van der Waals surface area (Å²) in [4.78, 5) is 48.7. The standard InChI is InChI=1S/C19H28N4O4.C2HF3O2/c1-15(24)21-17-5-3-16(4-6-17)19(26)23(13-14-27-2)10-7-18(25)22-11-8-20-9-12-22;3-2(4,5)1(6)7/h3-6,20H,7-14H2,1-2H3,(H,21,24);(H,6,7). The van der Waals surface area contributed by atoms with Crippen molar-refractivity contribution in [2.75, 3.05) is 58.3 Å². The lowest BCUT2D eigenvalue weighted by Crippen LogP contribution is -2.47. The molecule has 34 heavy (non-hydrogen) atoms. The average molecular weight is 490 g/mol. The smallest absolute Gasteiger partial charge is 0.475 e. The molecule has 1 aromatic rings. The highest BCUT2D eigenvalue weighted by Crippen LogP contribution is 2.13. The van der Waals surface area contributed by atoms with E-state index in [0.717, 1.165) is 13.1 Å². The Morgan fingerprint density at radius 1 is 1.12 bits per heavy atom. The monoisotopic (exact) mass is 490 g/mol. The number of halogens is 3. The summed E-state index contributed by atoms with van der Waals surface area (Å²) in [6.45, 7) is 5.61. The number of carboxylic acid groups (broad SMARTS) is 1. The van der Waals surface area contributed by atoms with E-state index >= 15 is 0 Å². The molecule has 0 radical (unpaired) electrons. The van der Waals surface area contributed by atoms with E-state index in [1.54, 1.807) is 36.3 Å². The molecule has 13 heteroatoms. The second-order valence-electron chi connectivity index (χ2n) is 7.23. The van der Waals surface area contributed by atoms with Crippen molar-refractivity contribution in [3.8, 4) is 0 Å². The van der Waals surface area contributed by atoms with Crippen LogP contribution in [0.5, 0.6) is 0 Å².